The van der Waals surface area contributed by atoms with Gasteiger partial charge in [0, 0.05) is 43.0 Å². The molecular formula is C24H25N3O3. The summed E-state index contributed by atoms with van der Waals surface area (Å²) in [6.07, 6.45) is 18.6. The minimum atomic E-state index is 0.408. The average Bonchev–Trinajstić information content (AvgIpc) is 3.25. The fourth-order valence-corrected chi connectivity index (χ4v) is 3.96. The SMILES string of the molecule is C1=CCCC(C2=COC(OCCN3CC=C(c4c[nH]c5ncccc45)CC3)=CO2)=C1. The normalized spacial score (nSPS) is 19.3. The standard InChI is InChI=1S/C24H25N3O3/c1-2-5-19(6-3-1)22-16-30-23(17-29-22)28-14-13-27-11-8-18(9-12-27)21-15-26-24-20(21)7-4-10-25-24/h1-2,4-5,7-8,10,15-17H,3,6,9,11-14H2,(H,25,26). The van der Waals surface area contributed by atoms with Gasteiger partial charge in [-0.3, -0.25) is 4.90 Å². The van der Waals surface area contributed by atoms with Gasteiger partial charge in [0.05, 0.1) is 0 Å². The third-order valence-corrected chi connectivity index (χ3v) is 5.64. The molecule has 0 saturated heterocycles. The first kappa shape index (κ1) is 18.8. The van der Waals surface area contributed by atoms with Crippen LogP contribution in [0.4, 0.5) is 0 Å². The van der Waals surface area contributed by atoms with Crippen molar-refractivity contribution < 1.29 is 14.2 Å². The number of nitrogens with one attached hydrogen (secondary N) is 1. The number of allylic oxidation sites excluding steroid dienone is 4. The van der Waals surface area contributed by atoms with Crippen molar-refractivity contribution in [3.63, 3.8) is 0 Å². The number of rotatable bonds is 6. The van der Waals surface area contributed by atoms with Gasteiger partial charge in [0.2, 0.25) is 0 Å². The van der Waals surface area contributed by atoms with E-state index in [9.17, 15) is 0 Å². The van der Waals surface area contributed by atoms with E-state index in [2.05, 4.69) is 45.4 Å². The van der Waals surface area contributed by atoms with Gasteiger partial charge >= 0.3 is 5.95 Å². The van der Waals surface area contributed by atoms with Crippen LogP contribution in [0, 0.1) is 0 Å². The third kappa shape index (κ3) is 4.04. The summed E-state index contributed by atoms with van der Waals surface area (Å²) in [6.45, 7) is 3.31. The number of hydrogen-bond donors (Lipinski definition) is 1. The molecule has 0 spiro atoms. The van der Waals surface area contributed by atoms with Gasteiger partial charge in [0.15, 0.2) is 12.0 Å². The van der Waals surface area contributed by atoms with E-state index >= 15 is 0 Å². The molecule has 2 aliphatic heterocycles. The maximum Gasteiger partial charge on any atom is 0.321 e. The zero-order chi connectivity index (χ0) is 20.2. The van der Waals surface area contributed by atoms with E-state index in [-0.39, 0.29) is 0 Å². The lowest BCUT2D eigenvalue weighted by molar-refractivity contribution is 0.0429. The summed E-state index contributed by atoms with van der Waals surface area (Å²) < 4.78 is 17.0. The lowest BCUT2D eigenvalue weighted by Crippen LogP contribution is -2.31. The molecule has 0 aromatic carbocycles. The lowest BCUT2D eigenvalue weighted by atomic mass is 10.00. The van der Waals surface area contributed by atoms with Gasteiger partial charge in [-0.15, -0.1) is 0 Å². The highest BCUT2D eigenvalue weighted by Crippen LogP contribution is 2.28. The number of pyridine rings is 1. The number of aromatic nitrogens is 2. The zero-order valence-electron chi connectivity index (χ0n) is 16.8. The predicted octanol–water partition coefficient (Wildman–Crippen LogP) is 4.63. The van der Waals surface area contributed by atoms with Gasteiger partial charge < -0.3 is 19.2 Å². The molecule has 30 heavy (non-hydrogen) atoms. The number of H-pyrrole nitrogens is 1. The maximum absolute atomic E-state index is 5.74. The Morgan fingerprint density at radius 3 is 2.97 bits per heavy atom. The molecule has 4 heterocycles. The summed E-state index contributed by atoms with van der Waals surface area (Å²) in [5, 5.41) is 1.19. The fraction of sp³-hybridized carbons (Fsp3) is 0.292. The number of hydrogen-bond acceptors (Lipinski definition) is 5. The Bertz CT molecular complexity index is 1070. The lowest BCUT2D eigenvalue weighted by Gasteiger charge is -2.26. The second-order valence-electron chi connectivity index (χ2n) is 7.54. The van der Waals surface area contributed by atoms with Gasteiger partial charge in [-0.2, -0.15) is 0 Å². The van der Waals surface area contributed by atoms with Crippen LogP contribution in [0.15, 0.2) is 78.6 Å². The molecule has 2 aromatic rings. The number of nitrogens with zero attached hydrogens (tertiary/aromatic N) is 2. The molecule has 154 valence electrons. The first-order chi connectivity index (χ1) is 14.9. The van der Waals surface area contributed by atoms with Crippen LogP contribution in [-0.4, -0.2) is 41.1 Å². The van der Waals surface area contributed by atoms with Crippen LogP contribution in [0.5, 0.6) is 0 Å². The van der Waals surface area contributed by atoms with Gasteiger partial charge in [0.25, 0.3) is 0 Å². The van der Waals surface area contributed by atoms with E-state index < -0.39 is 0 Å². The summed E-state index contributed by atoms with van der Waals surface area (Å²) in [7, 11) is 0. The molecule has 0 unspecified atom stereocenters. The molecule has 6 nitrogen and oxygen atoms in total. The van der Waals surface area contributed by atoms with Crippen LogP contribution in [-0.2, 0) is 14.2 Å². The minimum Gasteiger partial charge on any atom is -0.462 e. The molecule has 0 atom stereocenters. The predicted molar refractivity (Wildman–Crippen MR) is 116 cm³/mol. The van der Waals surface area contributed by atoms with Crippen LogP contribution in [0.2, 0.25) is 0 Å². The van der Waals surface area contributed by atoms with E-state index in [1.54, 1.807) is 12.5 Å². The Morgan fingerprint density at radius 1 is 1.17 bits per heavy atom. The van der Waals surface area contributed by atoms with Gasteiger partial charge in [-0.05, 0) is 42.5 Å². The monoisotopic (exact) mass is 403 g/mol. The van der Waals surface area contributed by atoms with Crippen molar-refractivity contribution in [1.82, 2.24) is 14.9 Å². The summed E-state index contributed by atoms with van der Waals surface area (Å²) >= 11 is 0. The number of aromatic amines is 1. The molecule has 0 saturated carbocycles. The molecular weight excluding hydrogens is 378 g/mol. The fourth-order valence-electron chi connectivity index (χ4n) is 3.96. The van der Waals surface area contributed by atoms with Crippen molar-refractivity contribution in [2.75, 3.05) is 26.2 Å². The van der Waals surface area contributed by atoms with Crippen molar-refractivity contribution in [1.29, 1.82) is 0 Å². The van der Waals surface area contributed by atoms with E-state index in [0.717, 1.165) is 55.9 Å². The number of fused-ring (bicyclic) bond motifs is 1. The summed E-state index contributed by atoms with van der Waals surface area (Å²) in [4.78, 5) is 10.0. The van der Waals surface area contributed by atoms with E-state index in [0.29, 0.717) is 12.6 Å². The third-order valence-electron chi connectivity index (χ3n) is 5.64. The summed E-state index contributed by atoms with van der Waals surface area (Å²) in [6, 6.07) is 4.11. The molecule has 0 radical (unpaired) electrons. The van der Waals surface area contributed by atoms with Crippen LogP contribution < -0.4 is 0 Å². The molecule has 0 fully saturated rings. The van der Waals surface area contributed by atoms with Gasteiger partial charge in [-0.25, -0.2) is 4.98 Å². The van der Waals surface area contributed by atoms with Crippen molar-refractivity contribution in [2.45, 2.75) is 19.3 Å². The van der Waals surface area contributed by atoms with E-state index in [1.165, 1.54) is 16.5 Å². The van der Waals surface area contributed by atoms with Crippen molar-refractivity contribution in [3.05, 3.63) is 84.2 Å². The molecule has 1 aliphatic carbocycles. The summed E-state index contributed by atoms with van der Waals surface area (Å²) in [5.74, 6) is 1.16. The second kappa shape index (κ2) is 8.63. The van der Waals surface area contributed by atoms with E-state index in [4.69, 9.17) is 14.2 Å². The average molecular weight is 403 g/mol. The van der Waals surface area contributed by atoms with Crippen molar-refractivity contribution >= 4 is 16.6 Å². The van der Waals surface area contributed by atoms with Crippen LogP contribution in [0.25, 0.3) is 16.6 Å². The van der Waals surface area contributed by atoms with E-state index in [1.807, 2.05) is 18.3 Å². The Kier molecular flexibility index (Phi) is 5.40. The Morgan fingerprint density at radius 2 is 2.17 bits per heavy atom. The Balaban J connectivity index is 1.09. The molecule has 5 rings (SSSR count). The van der Waals surface area contributed by atoms with Crippen LogP contribution in [0.1, 0.15) is 24.8 Å². The first-order valence-electron chi connectivity index (χ1n) is 10.4. The first-order valence-corrected chi connectivity index (χ1v) is 10.4. The molecule has 2 aromatic heterocycles. The molecule has 0 bridgehead atoms. The maximum atomic E-state index is 5.74. The van der Waals surface area contributed by atoms with Gasteiger partial charge in [-0.1, -0.05) is 24.3 Å². The molecule has 6 heteroatoms. The highest BCUT2D eigenvalue weighted by Gasteiger charge is 2.17. The zero-order valence-corrected chi connectivity index (χ0v) is 16.8. The Hall–Kier alpha value is -3.25. The smallest absolute Gasteiger partial charge is 0.321 e. The second-order valence-corrected chi connectivity index (χ2v) is 7.54. The Labute approximate surface area is 175 Å². The highest BCUT2D eigenvalue weighted by atomic mass is 16.7. The quantitative estimate of drug-likeness (QED) is 0.762. The number of ether oxygens (including phenoxy) is 3. The van der Waals surface area contributed by atoms with Crippen LogP contribution in [0.3, 0.4) is 0 Å². The highest BCUT2D eigenvalue weighted by molar-refractivity contribution is 5.90. The topological polar surface area (TPSA) is 59.6 Å². The summed E-state index contributed by atoms with van der Waals surface area (Å²) in [5.41, 5.74) is 4.73. The molecule has 1 N–H and O–H groups in total. The van der Waals surface area contributed by atoms with Crippen LogP contribution >= 0.6 is 0 Å². The minimum absolute atomic E-state index is 0.408. The van der Waals surface area contributed by atoms with Gasteiger partial charge in [0.1, 0.15) is 18.5 Å². The largest absolute Gasteiger partial charge is 0.462 e. The van der Waals surface area contributed by atoms with Crippen molar-refractivity contribution in [2.24, 2.45) is 0 Å². The molecule has 0 amide bonds. The molecule has 3 aliphatic rings. The van der Waals surface area contributed by atoms with Crippen molar-refractivity contribution in [3.8, 4) is 0 Å².